The summed E-state index contributed by atoms with van der Waals surface area (Å²) < 4.78 is 22.7. The van der Waals surface area contributed by atoms with Crippen LogP contribution in [0.5, 0.6) is 0 Å². The highest BCUT2D eigenvalue weighted by molar-refractivity contribution is 7.91. The quantitative estimate of drug-likeness (QED) is 0.894. The van der Waals surface area contributed by atoms with Crippen molar-refractivity contribution >= 4 is 9.84 Å². The van der Waals surface area contributed by atoms with Gasteiger partial charge in [-0.05, 0) is 31.2 Å². The zero-order valence-corrected chi connectivity index (χ0v) is 10.9. The molecule has 1 aromatic carbocycles. The average Bonchev–Trinajstić information content (AvgIpc) is 2.58. The Bertz CT molecular complexity index is 496. The van der Waals surface area contributed by atoms with Crippen LogP contribution in [0.3, 0.4) is 0 Å². The molecule has 0 spiro atoms. The molecular weight excluding hydrogens is 234 g/mol. The summed E-state index contributed by atoms with van der Waals surface area (Å²) in [6.07, 6.45) is 1.53. The Kier molecular flexibility index (Phi) is 3.54. The fraction of sp³-hybridized carbons (Fsp3) is 0.538. The molecule has 1 fully saturated rings. The minimum Gasteiger partial charge on any atom is -0.324 e. The molecule has 0 bridgehead atoms. The van der Waals surface area contributed by atoms with Crippen LogP contribution in [-0.2, 0) is 9.84 Å². The van der Waals surface area contributed by atoms with Gasteiger partial charge in [-0.1, -0.05) is 29.8 Å². The van der Waals surface area contributed by atoms with E-state index in [0.717, 1.165) is 18.4 Å². The third-order valence-corrected chi connectivity index (χ3v) is 5.22. The Morgan fingerprint density at radius 3 is 2.82 bits per heavy atom. The van der Waals surface area contributed by atoms with Gasteiger partial charge in [-0.3, -0.25) is 0 Å². The molecule has 0 aliphatic carbocycles. The van der Waals surface area contributed by atoms with E-state index in [2.05, 4.69) is 6.07 Å². The highest BCUT2D eigenvalue weighted by Gasteiger charge is 2.29. The lowest BCUT2D eigenvalue weighted by Crippen LogP contribution is -2.16. The zero-order valence-electron chi connectivity index (χ0n) is 10.1. The molecule has 4 heteroatoms. The third kappa shape index (κ3) is 3.30. The molecule has 3 nitrogen and oxygen atoms in total. The summed E-state index contributed by atoms with van der Waals surface area (Å²) in [5.41, 5.74) is 8.43. The molecular formula is C13H19NO2S. The van der Waals surface area contributed by atoms with Gasteiger partial charge in [0.15, 0.2) is 9.84 Å². The van der Waals surface area contributed by atoms with E-state index in [1.807, 2.05) is 25.1 Å². The van der Waals surface area contributed by atoms with E-state index in [1.54, 1.807) is 0 Å². The first-order chi connectivity index (χ1) is 7.96. The Labute approximate surface area is 103 Å². The lowest BCUT2D eigenvalue weighted by Gasteiger charge is -2.16. The Morgan fingerprint density at radius 1 is 1.47 bits per heavy atom. The SMILES string of the molecule is Cc1cccc(C(N)CC2CCS(=O)(=O)C2)c1. The summed E-state index contributed by atoms with van der Waals surface area (Å²) in [4.78, 5) is 0. The van der Waals surface area contributed by atoms with Crippen molar-refractivity contribution in [3.8, 4) is 0 Å². The molecule has 17 heavy (non-hydrogen) atoms. The van der Waals surface area contributed by atoms with Crippen molar-refractivity contribution in [2.75, 3.05) is 11.5 Å². The topological polar surface area (TPSA) is 60.2 Å². The number of benzene rings is 1. The molecule has 2 atom stereocenters. The van der Waals surface area contributed by atoms with Crippen LogP contribution in [0, 0.1) is 12.8 Å². The van der Waals surface area contributed by atoms with Crippen molar-refractivity contribution < 1.29 is 8.42 Å². The zero-order chi connectivity index (χ0) is 12.5. The fourth-order valence-corrected chi connectivity index (χ4v) is 4.33. The number of rotatable bonds is 3. The maximum Gasteiger partial charge on any atom is 0.150 e. The number of sulfone groups is 1. The maximum absolute atomic E-state index is 11.4. The predicted molar refractivity (Wildman–Crippen MR) is 69.5 cm³/mol. The van der Waals surface area contributed by atoms with Gasteiger partial charge in [0.25, 0.3) is 0 Å². The van der Waals surface area contributed by atoms with Crippen LogP contribution in [0.1, 0.15) is 30.0 Å². The normalized spacial score (nSPS) is 24.7. The average molecular weight is 253 g/mol. The molecule has 94 valence electrons. The number of hydrogen-bond donors (Lipinski definition) is 1. The lowest BCUT2D eigenvalue weighted by molar-refractivity contribution is 0.481. The molecule has 1 aromatic rings. The first-order valence-corrected chi connectivity index (χ1v) is 7.81. The van der Waals surface area contributed by atoms with E-state index in [1.165, 1.54) is 5.56 Å². The highest BCUT2D eigenvalue weighted by Crippen LogP contribution is 2.27. The molecule has 2 rings (SSSR count). The molecule has 0 amide bonds. The minimum atomic E-state index is -2.79. The Balaban J connectivity index is 2.00. The lowest BCUT2D eigenvalue weighted by atomic mass is 9.94. The van der Waals surface area contributed by atoms with E-state index in [-0.39, 0.29) is 12.0 Å². The van der Waals surface area contributed by atoms with Gasteiger partial charge in [-0.15, -0.1) is 0 Å². The molecule has 1 aliphatic heterocycles. The summed E-state index contributed by atoms with van der Waals surface area (Å²) in [6.45, 7) is 2.04. The summed E-state index contributed by atoms with van der Waals surface area (Å²) >= 11 is 0. The maximum atomic E-state index is 11.4. The molecule has 1 aliphatic rings. The Hall–Kier alpha value is -0.870. The van der Waals surface area contributed by atoms with Gasteiger partial charge in [-0.25, -0.2) is 8.42 Å². The molecule has 0 saturated carbocycles. The van der Waals surface area contributed by atoms with Crippen LogP contribution >= 0.6 is 0 Å². The largest absolute Gasteiger partial charge is 0.324 e. The van der Waals surface area contributed by atoms with Gasteiger partial charge < -0.3 is 5.73 Å². The molecule has 0 radical (unpaired) electrons. The van der Waals surface area contributed by atoms with Gasteiger partial charge in [0.05, 0.1) is 11.5 Å². The molecule has 1 heterocycles. The van der Waals surface area contributed by atoms with Gasteiger partial charge in [0.1, 0.15) is 0 Å². The van der Waals surface area contributed by atoms with Crippen molar-refractivity contribution in [3.05, 3.63) is 35.4 Å². The summed E-state index contributed by atoms with van der Waals surface area (Å²) in [5.74, 6) is 0.876. The van der Waals surface area contributed by atoms with E-state index in [4.69, 9.17) is 5.73 Å². The van der Waals surface area contributed by atoms with Gasteiger partial charge >= 0.3 is 0 Å². The standard InChI is InChI=1S/C13H19NO2S/c1-10-3-2-4-12(7-10)13(14)8-11-5-6-17(15,16)9-11/h2-4,7,11,13H,5-6,8-9,14H2,1H3. The summed E-state index contributed by atoms with van der Waals surface area (Å²) in [7, 11) is -2.79. The van der Waals surface area contributed by atoms with Crippen LogP contribution in [0.25, 0.3) is 0 Å². The van der Waals surface area contributed by atoms with Crippen LogP contribution in [-0.4, -0.2) is 19.9 Å². The van der Waals surface area contributed by atoms with Gasteiger partial charge in [-0.2, -0.15) is 0 Å². The van der Waals surface area contributed by atoms with Crippen LogP contribution in [0.4, 0.5) is 0 Å². The van der Waals surface area contributed by atoms with Crippen molar-refractivity contribution in [1.82, 2.24) is 0 Å². The highest BCUT2D eigenvalue weighted by atomic mass is 32.2. The predicted octanol–water partition coefficient (Wildman–Crippen LogP) is 1.82. The first kappa shape index (κ1) is 12.6. The molecule has 1 saturated heterocycles. The Morgan fingerprint density at radius 2 is 2.24 bits per heavy atom. The third-order valence-electron chi connectivity index (χ3n) is 3.38. The first-order valence-electron chi connectivity index (χ1n) is 5.99. The van der Waals surface area contributed by atoms with Gasteiger partial charge in [0.2, 0.25) is 0 Å². The van der Waals surface area contributed by atoms with Crippen molar-refractivity contribution in [2.24, 2.45) is 11.7 Å². The smallest absolute Gasteiger partial charge is 0.150 e. The summed E-state index contributed by atoms with van der Waals surface area (Å²) in [5, 5.41) is 0. The van der Waals surface area contributed by atoms with Crippen LogP contribution < -0.4 is 5.73 Å². The van der Waals surface area contributed by atoms with Gasteiger partial charge in [0, 0.05) is 6.04 Å². The molecule has 2 unspecified atom stereocenters. The van der Waals surface area contributed by atoms with E-state index in [9.17, 15) is 8.42 Å². The van der Waals surface area contributed by atoms with Crippen molar-refractivity contribution in [1.29, 1.82) is 0 Å². The van der Waals surface area contributed by atoms with E-state index >= 15 is 0 Å². The van der Waals surface area contributed by atoms with Crippen molar-refractivity contribution in [3.63, 3.8) is 0 Å². The fourth-order valence-electron chi connectivity index (χ4n) is 2.45. The second kappa shape index (κ2) is 4.78. The van der Waals surface area contributed by atoms with E-state index < -0.39 is 9.84 Å². The number of nitrogens with two attached hydrogens (primary N) is 1. The number of aryl methyl sites for hydroxylation is 1. The van der Waals surface area contributed by atoms with Crippen LogP contribution in [0.2, 0.25) is 0 Å². The van der Waals surface area contributed by atoms with Crippen LogP contribution in [0.15, 0.2) is 24.3 Å². The minimum absolute atomic E-state index is 0.0480. The molecule has 2 N–H and O–H groups in total. The summed E-state index contributed by atoms with van der Waals surface area (Å²) in [6, 6.07) is 8.08. The monoisotopic (exact) mass is 253 g/mol. The van der Waals surface area contributed by atoms with Crippen molar-refractivity contribution in [2.45, 2.75) is 25.8 Å². The molecule has 0 aromatic heterocycles. The van der Waals surface area contributed by atoms with E-state index in [0.29, 0.717) is 11.5 Å². The number of hydrogen-bond acceptors (Lipinski definition) is 3. The second-order valence-corrected chi connectivity index (χ2v) is 7.25. The second-order valence-electron chi connectivity index (χ2n) is 5.03.